The van der Waals surface area contributed by atoms with Gasteiger partial charge in [0.1, 0.15) is 0 Å². The molecule has 7 nitrogen and oxygen atoms in total. The second-order valence-corrected chi connectivity index (χ2v) is 7.49. The van der Waals surface area contributed by atoms with Crippen LogP contribution in [-0.4, -0.2) is 24.0 Å². The Balaban J connectivity index is 2.23. The largest absolute Gasteiger partial charge is 0.294 e. The quantitative estimate of drug-likeness (QED) is 0.313. The zero-order valence-corrected chi connectivity index (χ0v) is 14.2. The average molecular weight is 368 g/mol. The molecular weight excluding hydrogens is 356 g/mol. The van der Waals surface area contributed by atoms with Gasteiger partial charge in [0.25, 0.3) is 10.1 Å². The van der Waals surface area contributed by atoms with Crippen LogP contribution in [0.15, 0.2) is 34.1 Å². The van der Waals surface area contributed by atoms with Crippen LogP contribution in [0.4, 0.5) is 0 Å². The number of hydrogen-bond donors (Lipinski definition) is 2. The molecule has 2 aromatic rings. The van der Waals surface area contributed by atoms with E-state index in [9.17, 15) is 17.8 Å². The maximum atomic E-state index is 12.6. The van der Waals surface area contributed by atoms with Crippen molar-refractivity contribution in [1.82, 2.24) is 0 Å². The molecule has 0 amide bonds. The van der Waals surface area contributed by atoms with E-state index in [-0.39, 0.29) is 10.7 Å². The lowest BCUT2D eigenvalue weighted by molar-refractivity contribution is -0.432. The molecule has 0 saturated carbocycles. The summed E-state index contributed by atoms with van der Waals surface area (Å²) in [5, 5.41) is 11.9. The van der Waals surface area contributed by atoms with Gasteiger partial charge < -0.3 is 0 Å². The minimum Gasteiger partial charge on any atom is -0.289 e. The minimum absolute atomic E-state index is 0.219. The minimum atomic E-state index is -4.40. The van der Waals surface area contributed by atoms with Crippen LogP contribution in [0.25, 0.3) is 11.1 Å². The Morgan fingerprint density at radius 3 is 2.12 bits per heavy atom. The molecule has 0 bridgehead atoms. The average Bonchev–Trinajstić information content (AvgIpc) is 2.75. The second kappa shape index (κ2) is 5.96. The lowest BCUT2D eigenvalue weighted by Crippen LogP contribution is -2.03. The highest BCUT2D eigenvalue weighted by atomic mass is 32.2. The van der Waals surface area contributed by atoms with Crippen LogP contribution in [0.3, 0.4) is 0 Å². The Kier molecular flexibility index (Phi) is 4.24. The first-order chi connectivity index (χ1) is 11.2. The van der Waals surface area contributed by atoms with Crippen LogP contribution in [0.5, 0.6) is 0 Å². The SMILES string of the molecule is Cc1cc2c(cc1SOOO)-c1cc(S(=O)(=O)O)c(C)cc1C2=O. The van der Waals surface area contributed by atoms with Crippen molar-refractivity contribution in [3.05, 3.63) is 46.5 Å². The molecule has 0 saturated heterocycles. The van der Waals surface area contributed by atoms with Gasteiger partial charge in [0.2, 0.25) is 0 Å². The lowest BCUT2D eigenvalue weighted by Gasteiger charge is -2.08. The monoisotopic (exact) mass is 368 g/mol. The maximum Gasteiger partial charge on any atom is 0.294 e. The summed E-state index contributed by atoms with van der Waals surface area (Å²) in [4.78, 5) is 12.9. The molecule has 0 radical (unpaired) electrons. The van der Waals surface area contributed by atoms with Crippen LogP contribution < -0.4 is 0 Å². The van der Waals surface area contributed by atoms with E-state index < -0.39 is 10.1 Å². The molecule has 24 heavy (non-hydrogen) atoms. The lowest BCUT2D eigenvalue weighted by atomic mass is 10.0. The Bertz CT molecular complexity index is 964. The molecule has 0 aliphatic heterocycles. The number of hydrogen-bond acceptors (Lipinski definition) is 7. The van der Waals surface area contributed by atoms with E-state index in [1.807, 2.05) is 0 Å². The molecule has 2 aromatic carbocycles. The van der Waals surface area contributed by atoms with Gasteiger partial charge in [-0.05, 0) is 60.4 Å². The van der Waals surface area contributed by atoms with Crippen molar-refractivity contribution in [3.63, 3.8) is 0 Å². The van der Waals surface area contributed by atoms with Crippen molar-refractivity contribution in [3.8, 4) is 11.1 Å². The first-order valence-corrected chi connectivity index (χ1v) is 8.89. The van der Waals surface area contributed by atoms with Crippen molar-refractivity contribution in [2.45, 2.75) is 23.6 Å². The molecule has 0 atom stereocenters. The van der Waals surface area contributed by atoms with Gasteiger partial charge in [-0.25, -0.2) is 5.26 Å². The van der Waals surface area contributed by atoms with Gasteiger partial charge in [-0.2, -0.15) is 8.42 Å². The van der Waals surface area contributed by atoms with E-state index in [2.05, 4.69) is 9.37 Å². The molecule has 1 aliphatic carbocycles. The van der Waals surface area contributed by atoms with E-state index in [0.29, 0.717) is 32.7 Å². The third-order valence-corrected chi connectivity index (χ3v) is 5.59. The number of benzene rings is 2. The molecule has 3 rings (SSSR count). The van der Waals surface area contributed by atoms with Crippen molar-refractivity contribution in [1.29, 1.82) is 0 Å². The van der Waals surface area contributed by atoms with E-state index in [1.165, 1.54) is 19.1 Å². The predicted octanol–water partition coefficient (Wildman–Crippen LogP) is 3.19. The Labute approximate surface area is 142 Å². The molecule has 126 valence electrons. The summed E-state index contributed by atoms with van der Waals surface area (Å²) in [6.45, 7) is 3.27. The molecule has 9 heteroatoms. The Morgan fingerprint density at radius 1 is 0.958 bits per heavy atom. The van der Waals surface area contributed by atoms with Crippen molar-refractivity contribution in [2.75, 3.05) is 0 Å². The van der Waals surface area contributed by atoms with Crippen LogP contribution >= 0.6 is 12.0 Å². The number of fused-ring (bicyclic) bond motifs is 3. The summed E-state index contributed by atoms with van der Waals surface area (Å²) in [6, 6.07) is 6.04. The summed E-state index contributed by atoms with van der Waals surface area (Å²) in [5.41, 5.74) is 2.76. The highest BCUT2D eigenvalue weighted by Gasteiger charge is 2.30. The Hall–Kier alpha value is -1.75. The Morgan fingerprint density at radius 2 is 1.54 bits per heavy atom. The van der Waals surface area contributed by atoms with Gasteiger partial charge in [-0.3, -0.25) is 9.35 Å². The van der Waals surface area contributed by atoms with Crippen LogP contribution in [0.1, 0.15) is 27.0 Å². The molecule has 0 spiro atoms. The number of ketones is 1. The van der Waals surface area contributed by atoms with Gasteiger partial charge >= 0.3 is 0 Å². The molecule has 0 aromatic heterocycles. The topological polar surface area (TPSA) is 110 Å². The van der Waals surface area contributed by atoms with E-state index in [1.54, 1.807) is 19.1 Å². The smallest absolute Gasteiger partial charge is 0.289 e. The molecular formula is C15H12O7S2. The summed E-state index contributed by atoms with van der Waals surface area (Å²) in [7, 11) is -4.40. The predicted molar refractivity (Wildman–Crippen MR) is 85.3 cm³/mol. The maximum absolute atomic E-state index is 12.6. The summed E-state index contributed by atoms with van der Waals surface area (Å²) in [6.07, 6.45) is 0. The van der Waals surface area contributed by atoms with Gasteiger partial charge in [-0.15, -0.1) is 4.33 Å². The fraction of sp³-hybridized carbons (Fsp3) is 0.133. The third kappa shape index (κ3) is 2.75. The van der Waals surface area contributed by atoms with Crippen molar-refractivity contribution >= 4 is 27.9 Å². The number of carbonyl (C=O) groups excluding carboxylic acids is 1. The second-order valence-electron chi connectivity index (χ2n) is 5.36. The van der Waals surface area contributed by atoms with Crippen LogP contribution in [-0.2, 0) is 19.5 Å². The first-order valence-electron chi connectivity index (χ1n) is 6.70. The third-order valence-electron chi connectivity index (χ3n) is 3.84. The van der Waals surface area contributed by atoms with Crippen molar-refractivity contribution in [2.24, 2.45) is 0 Å². The summed E-state index contributed by atoms with van der Waals surface area (Å²) < 4.78 is 36.8. The molecule has 0 unspecified atom stereocenters. The van der Waals surface area contributed by atoms with E-state index in [4.69, 9.17) is 5.26 Å². The molecule has 0 heterocycles. The van der Waals surface area contributed by atoms with Crippen LogP contribution in [0.2, 0.25) is 0 Å². The standard InChI is InChI=1S/C15H12O7S2/c1-7-3-11-9(5-13(7)23-22-21-17)10-6-14(24(18,19)20)8(2)4-12(10)15(11)16/h3-6,17H,1-2H3,(H,18,19,20). The fourth-order valence-corrected chi connectivity index (χ4v) is 3.95. The summed E-state index contributed by atoms with van der Waals surface area (Å²) >= 11 is 0.751. The van der Waals surface area contributed by atoms with Gasteiger partial charge in [-0.1, -0.05) is 5.04 Å². The normalized spacial score (nSPS) is 13.1. The zero-order chi connectivity index (χ0) is 17.6. The molecule has 2 N–H and O–H groups in total. The fourth-order valence-electron chi connectivity index (χ4n) is 2.76. The molecule has 1 aliphatic rings. The number of carbonyl (C=O) groups is 1. The summed E-state index contributed by atoms with van der Waals surface area (Å²) in [5.74, 6) is -0.219. The van der Waals surface area contributed by atoms with Gasteiger partial charge in [0, 0.05) is 16.0 Å². The van der Waals surface area contributed by atoms with Crippen LogP contribution in [0, 0.1) is 13.8 Å². The first kappa shape index (κ1) is 17.1. The van der Waals surface area contributed by atoms with Gasteiger partial charge in [0.05, 0.1) is 16.9 Å². The highest BCUT2D eigenvalue weighted by molar-refractivity contribution is 7.94. The molecule has 0 fully saturated rings. The zero-order valence-electron chi connectivity index (χ0n) is 12.6. The van der Waals surface area contributed by atoms with Crippen molar-refractivity contribution < 1.29 is 32.4 Å². The van der Waals surface area contributed by atoms with E-state index in [0.717, 1.165) is 17.6 Å². The number of rotatable bonds is 4. The van der Waals surface area contributed by atoms with E-state index >= 15 is 0 Å². The number of aryl methyl sites for hydroxylation is 2. The van der Waals surface area contributed by atoms with Gasteiger partial charge in [0.15, 0.2) is 5.78 Å². The highest BCUT2D eigenvalue weighted by Crippen LogP contribution is 2.42.